The number of benzene rings is 1. The zero-order valence-electron chi connectivity index (χ0n) is 11.7. The lowest BCUT2D eigenvalue weighted by Gasteiger charge is -2.24. The van der Waals surface area contributed by atoms with Crippen molar-refractivity contribution in [1.82, 2.24) is 5.32 Å². The lowest BCUT2D eigenvalue weighted by molar-refractivity contribution is -0.126. The normalized spacial score (nSPS) is 18.7. The second kappa shape index (κ2) is 6.86. The molecule has 1 amide bonds. The van der Waals surface area contributed by atoms with Crippen molar-refractivity contribution < 1.29 is 15.0 Å². The molecule has 0 radical (unpaired) electrons. The van der Waals surface area contributed by atoms with Crippen LogP contribution in [0.5, 0.6) is 0 Å². The molecule has 0 heterocycles. The quantitative estimate of drug-likeness (QED) is 0.744. The smallest absolute Gasteiger partial charge is 0.223 e. The van der Waals surface area contributed by atoms with Gasteiger partial charge >= 0.3 is 0 Å². The van der Waals surface area contributed by atoms with Gasteiger partial charge in [-0.1, -0.05) is 43.2 Å². The first-order valence-corrected chi connectivity index (χ1v) is 7.30. The molecule has 4 nitrogen and oxygen atoms in total. The summed E-state index contributed by atoms with van der Waals surface area (Å²) in [5, 5.41) is 22.3. The van der Waals surface area contributed by atoms with E-state index in [4.69, 9.17) is 5.11 Å². The highest BCUT2D eigenvalue weighted by atomic mass is 16.3. The maximum Gasteiger partial charge on any atom is 0.223 e. The van der Waals surface area contributed by atoms with E-state index in [9.17, 15) is 9.90 Å². The Morgan fingerprint density at radius 2 is 1.90 bits per heavy atom. The Balaban J connectivity index is 1.96. The minimum atomic E-state index is -0.829. The topological polar surface area (TPSA) is 69.6 Å². The first kappa shape index (κ1) is 15.0. The molecule has 1 aliphatic rings. The summed E-state index contributed by atoms with van der Waals surface area (Å²) >= 11 is 0. The highest BCUT2D eigenvalue weighted by Crippen LogP contribution is 2.32. The van der Waals surface area contributed by atoms with E-state index in [0.717, 1.165) is 18.4 Å². The van der Waals surface area contributed by atoms with E-state index in [1.807, 2.05) is 30.3 Å². The number of hydrogen-bond donors (Lipinski definition) is 3. The number of carbonyl (C=O) groups excluding carboxylic acids is 1. The maximum absolute atomic E-state index is 12.1. The standard InChI is InChI=1S/C16H23NO3/c18-11-8-14(13-6-2-1-3-7-13)17-15(19)12-16(20)9-4-5-10-16/h1-3,6-7,14,18,20H,4-5,8-12H2,(H,17,19). The van der Waals surface area contributed by atoms with Crippen molar-refractivity contribution in [1.29, 1.82) is 0 Å². The van der Waals surface area contributed by atoms with Crippen LogP contribution in [-0.4, -0.2) is 28.3 Å². The van der Waals surface area contributed by atoms with Crippen molar-refractivity contribution in [3.05, 3.63) is 35.9 Å². The number of hydrogen-bond acceptors (Lipinski definition) is 3. The molecular weight excluding hydrogens is 254 g/mol. The van der Waals surface area contributed by atoms with Gasteiger partial charge in [0, 0.05) is 6.61 Å². The summed E-state index contributed by atoms with van der Waals surface area (Å²) in [6, 6.07) is 9.42. The van der Waals surface area contributed by atoms with Gasteiger partial charge in [-0.25, -0.2) is 0 Å². The summed E-state index contributed by atoms with van der Waals surface area (Å²) in [5.74, 6) is -0.142. The molecule has 1 aromatic rings. The first-order valence-electron chi connectivity index (χ1n) is 7.30. The van der Waals surface area contributed by atoms with Gasteiger partial charge in [0.25, 0.3) is 0 Å². The Bertz CT molecular complexity index is 427. The number of carbonyl (C=O) groups is 1. The molecule has 0 saturated heterocycles. The second-order valence-corrected chi connectivity index (χ2v) is 5.65. The van der Waals surface area contributed by atoms with Gasteiger partial charge in [-0.05, 0) is 24.8 Å². The Hall–Kier alpha value is -1.39. The molecule has 1 aliphatic carbocycles. The summed E-state index contributed by atoms with van der Waals surface area (Å²) in [7, 11) is 0. The van der Waals surface area contributed by atoms with Crippen molar-refractivity contribution in [2.24, 2.45) is 0 Å². The predicted molar refractivity (Wildman–Crippen MR) is 77.1 cm³/mol. The van der Waals surface area contributed by atoms with Crippen LogP contribution in [0, 0.1) is 0 Å². The third kappa shape index (κ3) is 4.05. The molecule has 1 aromatic carbocycles. The van der Waals surface area contributed by atoms with Crippen LogP contribution < -0.4 is 5.32 Å². The van der Waals surface area contributed by atoms with Crippen molar-refractivity contribution in [3.8, 4) is 0 Å². The zero-order valence-corrected chi connectivity index (χ0v) is 11.7. The van der Waals surface area contributed by atoms with Crippen molar-refractivity contribution in [3.63, 3.8) is 0 Å². The molecule has 1 fully saturated rings. The van der Waals surface area contributed by atoms with Crippen LogP contribution in [0.1, 0.15) is 50.1 Å². The minimum Gasteiger partial charge on any atom is -0.396 e. The second-order valence-electron chi connectivity index (χ2n) is 5.65. The third-order valence-corrected chi connectivity index (χ3v) is 3.98. The van der Waals surface area contributed by atoms with E-state index in [1.54, 1.807) is 0 Å². The third-order valence-electron chi connectivity index (χ3n) is 3.98. The summed E-state index contributed by atoms with van der Waals surface area (Å²) in [4.78, 5) is 12.1. The molecule has 2 rings (SSSR count). The highest BCUT2D eigenvalue weighted by molar-refractivity contribution is 5.77. The van der Waals surface area contributed by atoms with Crippen LogP contribution in [0.15, 0.2) is 30.3 Å². The molecule has 1 unspecified atom stereocenters. The monoisotopic (exact) mass is 277 g/mol. The Morgan fingerprint density at radius 3 is 2.50 bits per heavy atom. The number of nitrogens with one attached hydrogen (secondary N) is 1. The molecule has 0 bridgehead atoms. The average molecular weight is 277 g/mol. The van der Waals surface area contributed by atoms with E-state index in [1.165, 1.54) is 0 Å². The van der Waals surface area contributed by atoms with Gasteiger partial charge in [0.1, 0.15) is 0 Å². The maximum atomic E-state index is 12.1. The molecule has 3 N–H and O–H groups in total. The van der Waals surface area contributed by atoms with Gasteiger partial charge in [-0.3, -0.25) is 4.79 Å². The SMILES string of the molecule is O=C(CC1(O)CCCC1)NC(CCO)c1ccccc1. The number of aliphatic hydroxyl groups is 2. The molecule has 1 saturated carbocycles. The average Bonchev–Trinajstić information content (AvgIpc) is 2.85. The zero-order chi connectivity index (χ0) is 14.4. The fourth-order valence-corrected chi connectivity index (χ4v) is 2.89. The molecule has 0 aromatic heterocycles. The summed E-state index contributed by atoms with van der Waals surface area (Å²) in [5.41, 5.74) is 0.151. The highest BCUT2D eigenvalue weighted by Gasteiger charge is 2.33. The summed E-state index contributed by atoms with van der Waals surface area (Å²) in [6.07, 6.45) is 4.02. The lowest BCUT2D eigenvalue weighted by Crippen LogP contribution is -2.36. The van der Waals surface area contributed by atoms with Crippen molar-refractivity contribution in [2.45, 2.75) is 50.2 Å². The fraction of sp³-hybridized carbons (Fsp3) is 0.562. The Kier molecular flexibility index (Phi) is 5.15. The summed E-state index contributed by atoms with van der Waals surface area (Å²) in [6.45, 7) is 0.0180. The van der Waals surface area contributed by atoms with Crippen LogP contribution in [0.3, 0.4) is 0 Å². The predicted octanol–water partition coefficient (Wildman–Crippen LogP) is 1.92. The Labute approximate surface area is 119 Å². The minimum absolute atomic E-state index is 0.0180. The van der Waals surface area contributed by atoms with Crippen molar-refractivity contribution in [2.75, 3.05) is 6.61 Å². The molecule has 0 spiro atoms. The number of aliphatic hydroxyl groups excluding tert-OH is 1. The van der Waals surface area contributed by atoms with E-state index < -0.39 is 5.60 Å². The molecule has 110 valence electrons. The number of amides is 1. The van der Waals surface area contributed by atoms with Gasteiger partial charge < -0.3 is 15.5 Å². The van der Waals surface area contributed by atoms with E-state index in [2.05, 4.69) is 5.32 Å². The van der Waals surface area contributed by atoms with E-state index in [-0.39, 0.29) is 25.0 Å². The molecular formula is C16H23NO3. The van der Waals surface area contributed by atoms with Gasteiger partial charge in [0.2, 0.25) is 5.91 Å². The van der Waals surface area contributed by atoms with Gasteiger partial charge in [0.05, 0.1) is 18.1 Å². The summed E-state index contributed by atoms with van der Waals surface area (Å²) < 4.78 is 0. The van der Waals surface area contributed by atoms with Crippen LogP contribution in [-0.2, 0) is 4.79 Å². The Morgan fingerprint density at radius 1 is 1.25 bits per heavy atom. The molecule has 20 heavy (non-hydrogen) atoms. The van der Waals surface area contributed by atoms with Crippen LogP contribution in [0.25, 0.3) is 0 Å². The van der Waals surface area contributed by atoms with Gasteiger partial charge in [-0.15, -0.1) is 0 Å². The van der Waals surface area contributed by atoms with E-state index >= 15 is 0 Å². The van der Waals surface area contributed by atoms with Crippen LogP contribution in [0.4, 0.5) is 0 Å². The van der Waals surface area contributed by atoms with Gasteiger partial charge in [0.15, 0.2) is 0 Å². The molecule has 4 heteroatoms. The lowest BCUT2D eigenvalue weighted by atomic mass is 9.96. The first-order chi connectivity index (χ1) is 9.63. The van der Waals surface area contributed by atoms with Crippen LogP contribution in [0.2, 0.25) is 0 Å². The largest absolute Gasteiger partial charge is 0.396 e. The van der Waals surface area contributed by atoms with E-state index in [0.29, 0.717) is 19.3 Å². The fourth-order valence-electron chi connectivity index (χ4n) is 2.89. The molecule has 0 aliphatic heterocycles. The van der Waals surface area contributed by atoms with Crippen LogP contribution >= 0.6 is 0 Å². The molecule has 1 atom stereocenters. The van der Waals surface area contributed by atoms with Gasteiger partial charge in [-0.2, -0.15) is 0 Å². The number of rotatable bonds is 6. The van der Waals surface area contributed by atoms with Crippen molar-refractivity contribution >= 4 is 5.91 Å².